The molecule has 0 saturated carbocycles. The van der Waals surface area contributed by atoms with Gasteiger partial charge in [-0.1, -0.05) is 17.7 Å². The van der Waals surface area contributed by atoms with Crippen molar-refractivity contribution in [2.24, 2.45) is 0 Å². The molecule has 0 aliphatic carbocycles. The van der Waals surface area contributed by atoms with E-state index in [1.165, 1.54) is 17.4 Å². The lowest BCUT2D eigenvalue weighted by molar-refractivity contribution is 0.364. The molecular formula is C12H12ClNO3S. The van der Waals surface area contributed by atoms with Crippen molar-refractivity contribution in [3.05, 3.63) is 39.0 Å². The summed E-state index contributed by atoms with van der Waals surface area (Å²) in [7, 11) is 0. The van der Waals surface area contributed by atoms with E-state index >= 15 is 0 Å². The molecule has 0 spiro atoms. The van der Waals surface area contributed by atoms with Gasteiger partial charge >= 0.3 is 0 Å². The van der Waals surface area contributed by atoms with Gasteiger partial charge in [0.05, 0.1) is 4.34 Å². The van der Waals surface area contributed by atoms with Crippen LogP contribution < -0.4 is 5.32 Å². The zero-order chi connectivity index (χ0) is 13.1. The van der Waals surface area contributed by atoms with Gasteiger partial charge < -0.3 is 20.6 Å². The first-order valence-corrected chi connectivity index (χ1v) is 6.45. The molecule has 2 aromatic rings. The van der Waals surface area contributed by atoms with Crippen LogP contribution in [0.15, 0.2) is 24.3 Å². The summed E-state index contributed by atoms with van der Waals surface area (Å²) >= 11 is 7.29. The number of nitrogens with one attached hydrogen (secondary N) is 1. The quantitative estimate of drug-likeness (QED) is 0.652. The van der Waals surface area contributed by atoms with Crippen LogP contribution in [0.4, 0.5) is 0 Å². The van der Waals surface area contributed by atoms with Crippen molar-refractivity contribution in [2.45, 2.75) is 13.1 Å². The molecule has 0 fully saturated rings. The Bertz CT molecular complexity index is 556. The molecule has 2 rings (SSSR count). The molecule has 18 heavy (non-hydrogen) atoms. The Morgan fingerprint density at radius 1 is 1.00 bits per heavy atom. The number of benzene rings is 1. The minimum atomic E-state index is -0.492. The molecule has 1 heterocycles. The number of rotatable bonds is 4. The predicted octanol–water partition coefficient (Wildman–Crippen LogP) is 2.81. The second-order valence-corrected chi connectivity index (χ2v) is 5.55. The number of hydrogen-bond acceptors (Lipinski definition) is 5. The van der Waals surface area contributed by atoms with Gasteiger partial charge in [-0.05, 0) is 18.2 Å². The summed E-state index contributed by atoms with van der Waals surface area (Å²) in [5, 5.41) is 31.3. The summed E-state index contributed by atoms with van der Waals surface area (Å²) in [4.78, 5) is 1.09. The molecule has 1 aromatic heterocycles. The monoisotopic (exact) mass is 285 g/mol. The summed E-state index contributed by atoms with van der Waals surface area (Å²) in [6, 6.07) is 6.65. The fourth-order valence-electron chi connectivity index (χ4n) is 1.52. The second-order valence-electron chi connectivity index (χ2n) is 3.75. The van der Waals surface area contributed by atoms with E-state index in [0.717, 1.165) is 9.21 Å². The number of halogens is 1. The molecule has 96 valence electrons. The van der Waals surface area contributed by atoms with E-state index in [9.17, 15) is 15.3 Å². The molecule has 4 N–H and O–H groups in total. The lowest BCUT2D eigenvalue weighted by Gasteiger charge is -2.08. The van der Waals surface area contributed by atoms with Crippen LogP contribution in [0.2, 0.25) is 4.34 Å². The van der Waals surface area contributed by atoms with Gasteiger partial charge in [-0.3, -0.25) is 0 Å². The molecule has 0 aliphatic rings. The molecule has 0 bridgehead atoms. The molecule has 0 atom stereocenters. The van der Waals surface area contributed by atoms with Crippen LogP contribution in [0.5, 0.6) is 17.2 Å². The first-order chi connectivity index (χ1) is 8.58. The largest absolute Gasteiger partial charge is 0.504 e. The van der Waals surface area contributed by atoms with E-state index in [-0.39, 0.29) is 11.5 Å². The first-order valence-electron chi connectivity index (χ1n) is 5.25. The van der Waals surface area contributed by atoms with E-state index in [1.807, 2.05) is 12.1 Å². The maximum absolute atomic E-state index is 9.61. The lowest BCUT2D eigenvalue weighted by atomic mass is 10.1. The van der Waals surface area contributed by atoms with Crippen LogP contribution in [0.3, 0.4) is 0 Å². The van der Waals surface area contributed by atoms with Crippen molar-refractivity contribution in [1.29, 1.82) is 0 Å². The molecule has 0 radical (unpaired) electrons. The van der Waals surface area contributed by atoms with Gasteiger partial charge in [-0.2, -0.15) is 0 Å². The summed E-state index contributed by atoms with van der Waals surface area (Å²) < 4.78 is 0.733. The highest BCUT2D eigenvalue weighted by molar-refractivity contribution is 7.16. The predicted molar refractivity (Wildman–Crippen MR) is 71.3 cm³/mol. The minimum Gasteiger partial charge on any atom is -0.504 e. The standard InChI is InChI=1S/C12H12ClNO3S/c13-10-4-2-8(18-10)6-14-5-7-1-3-9(15)12(17)11(7)16/h1-4,14-17H,5-6H2. The Morgan fingerprint density at radius 2 is 1.78 bits per heavy atom. The van der Waals surface area contributed by atoms with Crippen LogP contribution in [0, 0.1) is 0 Å². The van der Waals surface area contributed by atoms with E-state index in [2.05, 4.69) is 5.32 Å². The summed E-state index contributed by atoms with van der Waals surface area (Å²) in [5.41, 5.74) is 0.521. The average molecular weight is 286 g/mol. The van der Waals surface area contributed by atoms with Gasteiger partial charge in [-0.25, -0.2) is 0 Å². The average Bonchev–Trinajstić information content (AvgIpc) is 2.75. The highest BCUT2D eigenvalue weighted by Gasteiger charge is 2.10. The van der Waals surface area contributed by atoms with Crippen molar-refractivity contribution in [2.75, 3.05) is 0 Å². The SMILES string of the molecule is Oc1ccc(CNCc2ccc(Cl)s2)c(O)c1O. The van der Waals surface area contributed by atoms with Crippen molar-refractivity contribution >= 4 is 22.9 Å². The molecular weight excluding hydrogens is 274 g/mol. The molecule has 0 aliphatic heterocycles. The van der Waals surface area contributed by atoms with Gasteiger partial charge in [-0.15, -0.1) is 11.3 Å². The van der Waals surface area contributed by atoms with Gasteiger partial charge in [0.2, 0.25) is 5.75 Å². The van der Waals surface area contributed by atoms with E-state index in [4.69, 9.17) is 11.6 Å². The van der Waals surface area contributed by atoms with Crippen LogP contribution in [-0.4, -0.2) is 15.3 Å². The van der Waals surface area contributed by atoms with Gasteiger partial charge in [0, 0.05) is 23.5 Å². The number of phenols is 3. The molecule has 0 amide bonds. The Balaban J connectivity index is 1.96. The highest BCUT2D eigenvalue weighted by atomic mass is 35.5. The summed E-state index contributed by atoms with van der Waals surface area (Å²) in [6.07, 6.45) is 0. The van der Waals surface area contributed by atoms with Crippen molar-refractivity contribution < 1.29 is 15.3 Å². The van der Waals surface area contributed by atoms with Crippen LogP contribution in [-0.2, 0) is 13.1 Å². The second kappa shape index (κ2) is 5.48. The fraction of sp³-hybridized carbons (Fsp3) is 0.167. The Labute approximate surface area is 113 Å². The first kappa shape index (κ1) is 13.0. The van der Waals surface area contributed by atoms with Crippen molar-refractivity contribution in [1.82, 2.24) is 5.32 Å². The van der Waals surface area contributed by atoms with E-state index in [0.29, 0.717) is 18.7 Å². The summed E-state index contributed by atoms with van der Waals surface area (Å²) in [6.45, 7) is 1.01. The zero-order valence-corrected chi connectivity index (χ0v) is 10.9. The highest BCUT2D eigenvalue weighted by Crippen LogP contribution is 2.36. The third-order valence-corrected chi connectivity index (χ3v) is 3.69. The number of phenolic OH excluding ortho intramolecular Hbond substituents is 3. The molecule has 0 saturated heterocycles. The third kappa shape index (κ3) is 2.87. The van der Waals surface area contributed by atoms with Crippen LogP contribution >= 0.6 is 22.9 Å². The fourth-order valence-corrected chi connectivity index (χ4v) is 2.58. The van der Waals surface area contributed by atoms with Gasteiger partial charge in [0.15, 0.2) is 11.5 Å². The normalized spacial score (nSPS) is 10.7. The molecule has 0 unspecified atom stereocenters. The maximum Gasteiger partial charge on any atom is 0.200 e. The van der Waals surface area contributed by atoms with Gasteiger partial charge in [0.1, 0.15) is 0 Å². The zero-order valence-electron chi connectivity index (χ0n) is 9.35. The topological polar surface area (TPSA) is 72.7 Å². The van der Waals surface area contributed by atoms with Crippen molar-refractivity contribution in [3.8, 4) is 17.2 Å². The Hall–Kier alpha value is -1.43. The van der Waals surface area contributed by atoms with Crippen LogP contribution in [0.1, 0.15) is 10.4 Å². The minimum absolute atomic E-state index is 0.299. The smallest absolute Gasteiger partial charge is 0.200 e. The van der Waals surface area contributed by atoms with Gasteiger partial charge in [0.25, 0.3) is 0 Å². The van der Waals surface area contributed by atoms with E-state index < -0.39 is 5.75 Å². The third-order valence-electron chi connectivity index (χ3n) is 2.46. The molecule has 1 aromatic carbocycles. The van der Waals surface area contributed by atoms with Crippen LogP contribution in [0.25, 0.3) is 0 Å². The summed E-state index contributed by atoms with van der Waals surface area (Å²) in [5.74, 6) is -1.12. The number of aromatic hydroxyl groups is 3. The Kier molecular flexibility index (Phi) is 3.96. The van der Waals surface area contributed by atoms with Crippen molar-refractivity contribution in [3.63, 3.8) is 0 Å². The number of hydrogen-bond donors (Lipinski definition) is 4. The maximum atomic E-state index is 9.61. The molecule has 6 heteroatoms. The lowest BCUT2D eigenvalue weighted by Crippen LogP contribution is -2.11. The Morgan fingerprint density at radius 3 is 2.44 bits per heavy atom. The van der Waals surface area contributed by atoms with E-state index in [1.54, 1.807) is 6.07 Å². The number of thiophene rings is 1. The molecule has 4 nitrogen and oxygen atoms in total.